The Kier molecular flexibility index (Phi) is 5.28. The normalized spacial score (nSPS) is 11.8. The third-order valence-corrected chi connectivity index (χ3v) is 3.39. The summed E-state index contributed by atoms with van der Waals surface area (Å²) in [7, 11) is 0. The molecular weight excluding hydrogens is 328 g/mol. The molecule has 0 radical (unpaired) electrons. The number of rotatable bonds is 5. The lowest BCUT2D eigenvalue weighted by Crippen LogP contribution is -2.35. The van der Waals surface area contributed by atoms with Gasteiger partial charge in [0.15, 0.2) is 0 Å². The van der Waals surface area contributed by atoms with E-state index in [1.165, 1.54) is 24.3 Å². The Morgan fingerprint density at radius 1 is 1.09 bits per heavy atom. The van der Waals surface area contributed by atoms with Crippen LogP contribution in [0.3, 0.4) is 0 Å². The molecule has 2 rings (SSSR count). The molecule has 0 fully saturated rings. The largest absolute Gasteiger partial charge is 0.550 e. The van der Waals surface area contributed by atoms with Crippen LogP contribution < -0.4 is 10.4 Å². The van der Waals surface area contributed by atoms with Gasteiger partial charge in [-0.15, -0.1) is 0 Å². The summed E-state index contributed by atoms with van der Waals surface area (Å²) >= 11 is 5.75. The number of aliphatic carboxylic acids is 1. The van der Waals surface area contributed by atoms with Crippen LogP contribution >= 0.6 is 11.6 Å². The van der Waals surface area contributed by atoms with Gasteiger partial charge in [-0.2, -0.15) is 0 Å². The van der Waals surface area contributed by atoms with E-state index < -0.39 is 41.5 Å². The highest BCUT2D eigenvalue weighted by Gasteiger charge is 2.21. The molecule has 0 heterocycles. The highest BCUT2D eigenvalue weighted by Crippen LogP contribution is 2.21. The summed E-state index contributed by atoms with van der Waals surface area (Å²) in [6.45, 7) is 0. The molecule has 0 bridgehead atoms. The maximum atomic E-state index is 13.6. The van der Waals surface area contributed by atoms with Gasteiger partial charge in [0.2, 0.25) is 0 Å². The highest BCUT2D eigenvalue weighted by atomic mass is 35.5. The number of carbonyl (C=O) groups is 2. The SMILES string of the molecule is O=C([O-])C[C@@H](NC(=O)c1c(F)cccc1F)c1ccc(Cl)cc1. The molecule has 0 unspecified atom stereocenters. The Bertz CT molecular complexity index is 714. The number of hydrogen-bond acceptors (Lipinski definition) is 3. The zero-order valence-electron chi connectivity index (χ0n) is 11.7. The van der Waals surface area contributed by atoms with E-state index in [1.807, 2.05) is 0 Å². The van der Waals surface area contributed by atoms with Crippen molar-refractivity contribution >= 4 is 23.5 Å². The topological polar surface area (TPSA) is 69.2 Å². The average molecular weight is 339 g/mol. The zero-order valence-corrected chi connectivity index (χ0v) is 12.4. The van der Waals surface area contributed by atoms with Gasteiger partial charge in [-0.05, 0) is 29.8 Å². The fourth-order valence-corrected chi connectivity index (χ4v) is 2.19. The minimum absolute atomic E-state index is 0.420. The monoisotopic (exact) mass is 338 g/mol. The molecule has 120 valence electrons. The van der Waals surface area contributed by atoms with Gasteiger partial charge in [0, 0.05) is 17.4 Å². The first-order valence-corrected chi connectivity index (χ1v) is 6.96. The van der Waals surface area contributed by atoms with E-state index in [9.17, 15) is 23.5 Å². The average Bonchev–Trinajstić information content (AvgIpc) is 2.46. The van der Waals surface area contributed by atoms with Crippen LogP contribution in [0, 0.1) is 11.6 Å². The van der Waals surface area contributed by atoms with Crippen LogP contribution in [-0.4, -0.2) is 11.9 Å². The molecule has 0 aliphatic heterocycles. The minimum Gasteiger partial charge on any atom is -0.550 e. The van der Waals surface area contributed by atoms with Crippen molar-refractivity contribution in [3.8, 4) is 0 Å². The number of carboxylic acids is 1. The fourth-order valence-electron chi connectivity index (χ4n) is 2.06. The van der Waals surface area contributed by atoms with Crippen LogP contribution in [0.25, 0.3) is 0 Å². The van der Waals surface area contributed by atoms with Gasteiger partial charge in [-0.25, -0.2) is 8.78 Å². The second-order valence-electron chi connectivity index (χ2n) is 4.75. The molecule has 1 N–H and O–H groups in total. The van der Waals surface area contributed by atoms with E-state index in [-0.39, 0.29) is 0 Å². The molecule has 7 heteroatoms. The molecule has 0 saturated carbocycles. The molecule has 0 aromatic heterocycles. The number of halogens is 3. The smallest absolute Gasteiger partial charge is 0.257 e. The first-order valence-electron chi connectivity index (χ1n) is 6.58. The van der Waals surface area contributed by atoms with E-state index in [0.717, 1.165) is 18.2 Å². The lowest BCUT2D eigenvalue weighted by Gasteiger charge is -2.20. The summed E-state index contributed by atoms with van der Waals surface area (Å²) < 4.78 is 27.2. The minimum atomic E-state index is -1.42. The Morgan fingerprint density at radius 2 is 1.65 bits per heavy atom. The molecule has 0 aliphatic rings. The number of carboxylic acid groups (broad SMARTS) is 1. The van der Waals surface area contributed by atoms with Crippen LogP contribution in [0.5, 0.6) is 0 Å². The predicted octanol–water partition coefficient (Wildman–Crippen LogP) is 2.23. The molecule has 2 aromatic rings. The summed E-state index contributed by atoms with van der Waals surface area (Å²) in [5.41, 5.74) is -0.353. The van der Waals surface area contributed by atoms with Crippen LogP contribution in [0.4, 0.5) is 8.78 Å². The molecule has 2 aromatic carbocycles. The first kappa shape index (κ1) is 16.9. The van der Waals surface area contributed by atoms with E-state index in [4.69, 9.17) is 11.6 Å². The number of hydrogen-bond donors (Lipinski definition) is 1. The van der Waals surface area contributed by atoms with Crippen molar-refractivity contribution in [2.45, 2.75) is 12.5 Å². The number of carbonyl (C=O) groups excluding carboxylic acids is 2. The van der Waals surface area contributed by atoms with Crippen molar-refractivity contribution in [1.29, 1.82) is 0 Å². The van der Waals surface area contributed by atoms with Crippen LogP contribution in [0.1, 0.15) is 28.4 Å². The van der Waals surface area contributed by atoms with Crippen molar-refractivity contribution < 1.29 is 23.5 Å². The van der Waals surface area contributed by atoms with Gasteiger partial charge in [-0.1, -0.05) is 29.8 Å². The maximum Gasteiger partial charge on any atom is 0.257 e. The Balaban J connectivity index is 2.29. The molecule has 23 heavy (non-hydrogen) atoms. The van der Waals surface area contributed by atoms with E-state index in [1.54, 1.807) is 0 Å². The first-order chi connectivity index (χ1) is 10.9. The molecular formula is C16H11ClF2NO3-. The third-order valence-electron chi connectivity index (χ3n) is 3.14. The van der Waals surface area contributed by atoms with Gasteiger partial charge < -0.3 is 15.2 Å². The number of amides is 1. The van der Waals surface area contributed by atoms with Crippen LogP contribution in [-0.2, 0) is 4.79 Å². The van der Waals surface area contributed by atoms with Crippen molar-refractivity contribution in [2.24, 2.45) is 0 Å². The van der Waals surface area contributed by atoms with Crippen LogP contribution in [0.15, 0.2) is 42.5 Å². The van der Waals surface area contributed by atoms with Gasteiger partial charge in [0.25, 0.3) is 5.91 Å². The third kappa shape index (κ3) is 4.26. The van der Waals surface area contributed by atoms with E-state index >= 15 is 0 Å². The highest BCUT2D eigenvalue weighted by molar-refractivity contribution is 6.30. The van der Waals surface area contributed by atoms with Gasteiger partial charge in [-0.3, -0.25) is 4.79 Å². The Morgan fingerprint density at radius 3 is 2.17 bits per heavy atom. The summed E-state index contributed by atoms with van der Waals surface area (Å²) in [6, 6.07) is 8.02. The van der Waals surface area contributed by atoms with Crippen molar-refractivity contribution in [2.75, 3.05) is 0 Å². The van der Waals surface area contributed by atoms with Crippen LogP contribution in [0.2, 0.25) is 5.02 Å². The molecule has 1 atom stereocenters. The number of nitrogens with one attached hydrogen (secondary N) is 1. The second-order valence-corrected chi connectivity index (χ2v) is 5.19. The van der Waals surface area contributed by atoms with E-state index in [2.05, 4.69) is 5.32 Å². The van der Waals surface area contributed by atoms with Gasteiger partial charge in [0.1, 0.15) is 17.2 Å². The molecule has 0 saturated heterocycles. The predicted molar refractivity (Wildman–Crippen MR) is 77.6 cm³/mol. The van der Waals surface area contributed by atoms with Crippen molar-refractivity contribution in [3.63, 3.8) is 0 Å². The quantitative estimate of drug-likeness (QED) is 0.909. The lowest BCUT2D eigenvalue weighted by molar-refractivity contribution is -0.306. The standard InChI is InChI=1S/C16H12ClF2NO3/c17-10-6-4-9(5-7-10)13(8-14(21)22)20-16(23)15-11(18)2-1-3-12(15)19/h1-7,13H,8H2,(H,20,23)(H,21,22)/p-1/t13-/m1/s1. The fraction of sp³-hybridized carbons (Fsp3) is 0.125. The van der Waals surface area contributed by atoms with Crippen molar-refractivity contribution in [3.05, 3.63) is 70.2 Å². The Labute approximate surface area is 135 Å². The van der Waals surface area contributed by atoms with Gasteiger partial charge in [0.05, 0.1) is 6.04 Å². The lowest BCUT2D eigenvalue weighted by atomic mass is 10.0. The van der Waals surface area contributed by atoms with Gasteiger partial charge >= 0.3 is 0 Å². The maximum absolute atomic E-state index is 13.6. The van der Waals surface area contributed by atoms with E-state index in [0.29, 0.717) is 10.6 Å². The molecule has 1 amide bonds. The Hall–Kier alpha value is -2.47. The zero-order chi connectivity index (χ0) is 17.0. The molecule has 0 aliphatic carbocycles. The number of benzene rings is 2. The summed E-state index contributed by atoms with van der Waals surface area (Å²) in [6.07, 6.45) is -0.552. The molecule has 4 nitrogen and oxygen atoms in total. The second kappa shape index (κ2) is 7.19. The summed E-state index contributed by atoms with van der Waals surface area (Å²) in [5, 5.41) is 13.6. The summed E-state index contributed by atoms with van der Waals surface area (Å²) in [4.78, 5) is 23.0. The summed E-state index contributed by atoms with van der Waals surface area (Å²) in [5.74, 6) is -4.54. The molecule has 0 spiro atoms. The van der Waals surface area contributed by atoms with Crippen molar-refractivity contribution in [1.82, 2.24) is 5.32 Å².